The third-order valence-electron chi connectivity index (χ3n) is 3.30. The Hall–Kier alpha value is -2.08. The minimum absolute atomic E-state index is 0.314. The lowest BCUT2D eigenvalue weighted by Gasteiger charge is -2.05. The first-order valence-corrected chi connectivity index (χ1v) is 7.64. The van der Waals surface area contributed by atoms with Crippen molar-refractivity contribution in [1.29, 1.82) is 0 Å². The van der Waals surface area contributed by atoms with Gasteiger partial charge in [0.25, 0.3) is 0 Å². The van der Waals surface area contributed by atoms with Gasteiger partial charge in [0.05, 0.1) is 11.2 Å². The lowest BCUT2D eigenvalue weighted by atomic mass is 10.1. The van der Waals surface area contributed by atoms with Gasteiger partial charge in [-0.05, 0) is 25.0 Å². The number of nitrogens with two attached hydrogens (primary N) is 1. The van der Waals surface area contributed by atoms with Crippen LogP contribution in [0.2, 0.25) is 0 Å². The van der Waals surface area contributed by atoms with Crippen LogP contribution in [0.1, 0.15) is 18.7 Å². The Kier molecular flexibility index (Phi) is 3.33. The summed E-state index contributed by atoms with van der Waals surface area (Å²) in [6.45, 7) is 6.77. The van der Waals surface area contributed by atoms with Crippen molar-refractivity contribution in [2.45, 2.75) is 27.3 Å². The molecule has 1 aromatic carbocycles. The highest BCUT2D eigenvalue weighted by atomic mass is 32.1. The minimum Gasteiger partial charge on any atom is -0.408 e. The maximum Gasteiger partial charge on any atom is 0.419 e. The average molecular weight is 303 g/mol. The van der Waals surface area contributed by atoms with Crippen LogP contribution < -0.4 is 11.5 Å². The Labute approximate surface area is 126 Å². The van der Waals surface area contributed by atoms with E-state index in [0.717, 1.165) is 21.7 Å². The molecular weight excluding hydrogens is 286 g/mol. The van der Waals surface area contributed by atoms with Gasteiger partial charge in [-0.1, -0.05) is 19.9 Å². The van der Waals surface area contributed by atoms with Gasteiger partial charge in [0.1, 0.15) is 0 Å². The molecule has 0 saturated carbocycles. The Morgan fingerprint density at radius 2 is 2.19 bits per heavy atom. The highest BCUT2D eigenvalue weighted by Gasteiger charge is 2.14. The van der Waals surface area contributed by atoms with Crippen LogP contribution in [0.15, 0.2) is 27.4 Å². The summed E-state index contributed by atoms with van der Waals surface area (Å²) in [6, 6.07) is 5.72. The molecule has 2 aromatic heterocycles. The lowest BCUT2D eigenvalue weighted by molar-refractivity contribution is 0.458. The van der Waals surface area contributed by atoms with E-state index in [2.05, 4.69) is 18.8 Å². The molecule has 6 heteroatoms. The molecule has 2 N–H and O–H groups in total. The molecule has 0 aliphatic carbocycles. The summed E-state index contributed by atoms with van der Waals surface area (Å²) in [6.07, 6.45) is 0. The molecule has 21 heavy (non-hydrogen) atoms. The van der Waals surface area contributed by atoms with Crippen molar-refractivity contribution < 1.29 is 4.42 Å². The van der Waals surface area contributed by atoms with Gasteiger partial charge in [-0.3, -0.25) is 4.57 Å². The molecule has 0 spiro atoms. The van der Waals surface area contributed by atoms with E-state index in [1.54, 1.807) is 4.57 Å². The number of benzene rings is 1. The smallest absolute Gasteiger partial charge is 0.408 e. The fourth-order valence-electron chi connectivity index (χ4n) is 2.44. The second-order valence-corrected chi connectivity index (χ2v) is 6.75. The van der Waals surface area contributed by atoms with Crippen LogP contribution in [0.25, 0.3) is 22.4 Å². The Morgan fingerprint density at radius 1 is 1.43 bits per heavy atom. The molecule has 0 saturated heterocycles. The quantitative estimate of drug-likeness (QED) is 0.806. The summed E-state index contributed by atoms with van der Waals surface area (Å²) in [5.74, 6) is 0.0640. The van der Waals surface area contributed by atoms with Crippen LogP contribution in [-0.4, -0.2) is 9.55 Å². The van der Waals surface area contributed by atoms with Gasteiger partial charge < -0.3 is 10.2 Å². The van der Waals surface area contributed by atoms with Crippen molar-refractivity contribution in [3.8, 4) is 11.3 Å². The Bertz CT molecular complexity index is 858. The maximum atomic E-state index is 12.0. The van der Waals surface area contributed by atoms with E-state index in [0.29, 0.717) is 23.2 Å². The fraction of sp³-hybridized carbons (Fsp3) is 0.333. The monoisotopic (exact) mass is 303 g/mol. The van der Waals surface area contributed by atoms with Crippen molar-refractivity contribution in [2.24, 2.45) is 5.92 Å². The zero-order chi connectivity index (χ0) is 15.1. The third-order valence-corrected chi connectivity index (χ3v) is 4.10. The van der Waals surface area contributed by atoms with Crippen molar-refractivity contribution in [3.05, 3.63) is 33.6 Å². The molecule has 2 heterocycles. The fourth-order valence-corrected chi connectivity index (χ4v) is 3.15. The van der Waals surface area contributed by atoms with E-state index in [9.17, 15) is 4.79 Å². The Balaban J connectivity index is 2.14. The average Bonchev–Trinajstić information content (AvgIpc) is 2.89. The summed E-state index contributed by atoms with van der Waals surface area (Å²) in [5.41, 5.74) is 8.91. The van der Waals surface area contributed by atoms with E-state index in [4.69, 9.17) is 10.2 Å². The van der Waals surface area contributed by atoms with E-state index in [1.165, 1.54) is 11.3 Å². The summed E-state index contributed by atoms with van der Waals surface area (Å²) in [5, 5.41) is 0.543. The predicted molar refractivity (Wildman–Crippen MR) is 85.6 cm³/mol. The number of nitrogens with zero attached hydrogens (tertiary/aromatic N) is 2. The summed E-state index contributed by atoms with van der Waals surface area (Å²) < 4.78 is 7.03. The van der Waals surface area contributed by atoms with Gasteiger partial charge in [-0.15, -0.1) is 11.3 Å². The molecule has 3 rings (SSSR count). The van der Waals surface area contributed by atoms with Gasteiger partial charge in [0, 0.05) is 17.0 Å². The number of oxazole rings is 1. The molecule has 0 amide bonds. The number of anilines is 1. The molecule has 0 atom stereocenters. The van der Waals surface area contributed by atoms with E-state index < -0.39 is 0 Å². The number of nitrogen functional groups attached to an aromatic ring is 1. The van der Waals surface area contributed by atoms with Crippen molar-refractivity contribution in [2.75, 3.05) is 5.73 Å². The SMILES string of the molecule is Cc1sc(N)nc1-c1ccc2c(c1)oc(=O)n2CC(C)C. The number of thiazole rings is 1. The van der Waals surface area contributed by atoms with Gasteiger partial charge >= 0.3 is 5.76 Å². The first-order chi connectivity index (χ1) is 9.95. The van der Waals surface area contributed by atoms with Crippen LogP contribution in [0.5, 0.6) is 0 Å². The highest BCUT2D eigenvalue weighted by molar-refractivity contribution is 7.15. The molecule has 0 unspecified atom stereocenters. The summed E-state index contributed by atoms with van der Waals surface area (Å²) in [4.78, 5) is 17.3. The number of hydrogen-bond donors (Lipinski definition) is 1. The molecule has 0 aliphatic rings. The van der Waals surface area contributed by atoms with Crippen LogP contribution >= 0.6 is 11.3 Å². The van der Waals surface area contributed by atoms with E-state index in [1.807, 2.05) is 25.1 Å². The summed E-state index contributed by atoms with van der Waals surface area (Å²) in [7, 11) is 0. The Morgan fingerprint density at radius 3 is 2.81 bits per heavy atom. The number of aryl methyl sites for hydroxylation is 1. The van der Waals surface area contributed by atoms with Crippen LogP contribution in [0, 0.1) is 12.8 Å². The third kappa shape index (κ3) is 2.47. The van der Waals surface area contributed by atoms with Crippen molar-refractivity contribution in [3.63, 3.8) is 0 Å². The lowest BCUT2D eigenvalue weighted by Crippen LogP contribution is -2.17. The van der Waals surface area contributed by atoms with Crippen LogP contribution in [0.3, 0.4) is 0 Å². The van der Waals surface area contributed by atoms with E-state index in [-0.39, 0.29) is 5.76 Å². The van der Waals surface area contributed by atoms with Crippen molar-refractivity contribution >= 4 is 27.6 Å². The molecule has 0 bridgehead atoms. The maximum absolute atomic E-state index is 12.0. The number of hydrogen-bond acceptors (Lipinski definition) is 5. The van der Waals surface area contributed by atoms with Crippen LogP contribution in [0.4, 0.5) is 5.13 Å². The topological polar surface area (TPSA) is 74.1 Å². The normalized spacial score (nSPS) is 11.6. The zero-order valence-electron chi connectivity index (χ0n) is 12.2. The first kappa shape index (κ1) is 13.9. The molecular formula is C15H17N3O2S. The standard InChI is InChI=1S/C15H17N3O2S/c1-8(2)7-18-11-5-4-10(6-12(11)20-15(18)19)13-9(3)21-14(16)17-13/h4-6,8H,7H2,1-3H3,(H2,16,17). The molecule has 3 aromatic rings. The molecule has 0 radical (unpaired) electrons. The van der Waals surface area contributed by atoms with Gasteiger partial charge in [0.2, 0.25) is 0 Å². The minimum atomic E-state index is -0.314. The van der Waals surface area contributed by atoms with Crippen molar-refractivity contribution in [1.82, 2.24) is 9.55 Å². The largest absolute Gasteiger partial charge is 0.419 e. The number of rotatable bonds is 3. The first-order valence-electron chi connectivity index (χ1n) is 6.82. The van der Waals surface area contributed by atoms with E-state index >= 15 is 0 Å². The van der Waals surface area contributed by atoms with Gasteiger partial charge in [0.15, 0.2) is 10.7 Å². The zero-order valence-corrected chi connectivity index (χ0v) is 13.0. The molecule has 110 valence electrons. The predicted octanol–water partition coefficient (Wildman–Crippen LogP) is 3.26. The second kappa shape index (κ2) is 5.04. The summed E-state index contributed by atoms with van der Waals surface area (Å²) >= 11 is 1.46. The van der Waals surface area contributed by atoms with Gasteiger partial charge in [-0.2, -0.15) is 0 Å². The second-order valence-electron chi connectivity index (χ2n) is 5.51. The molecule has 5 nitrogen and oxygen atoms in total. The highest BCUT2D eigenvalue weighted by Crippen LogP contribution is 2.30. The van der Waals surface area contributed by atoms with Gasteiger partial charge in [-0.25, -0.2) is 9.78 Å². The molecule has 0 aliphatic heterocycles. The number of aromatic nitrogens is 2. The number of fused-ring (bicyclic) bond motifs is 1. The molecule has 0 fully saturated rings. The van der Waals surface area contributed by atoms with Crippen LogP contribution in [-0.2, 0) is 6.54 Å².